The summed E-state index contributed by atoms with van der Waals surface area (Å²) in [5.41, 5.74) is -5.03. The Labute approximate surface area is 707 Å². The van der Waals surface area contributed by atoms with Crippen LogP contribution in [-0.4, -0.2) is 19.2 Å². The summed E-state index contributed by atoms with van der Waals surface area (Å²) < 4.78 is 294. The average Bonchev–Trinajstić information content (AvgIpc) is 0.680. The summed E-state index contributed by atoms with van der Waals surface area (Å²) in [6.45, 7) is 16.9. The number of hydrogen-bond donors (Lipinski definition) is 1. The van der Waals surface area contributed by atoms with Crippen molar-refractivity contribution in [1.29, 1.82) is 0 Å². The van der Waals surface area contributed by atoms with Crippen LogP contribution in [0.1, 0.15) is 423 Å². The first-order valence-electron chi connectivity index (χ1n) is 47.1. The molecule has 0 aliphatic heterocycles. The maximum absolute atomic E-state index is 15.4. The maximum atomic E-state index is 15.4. The van der Waals surface area contributed by atoms with E-state index >= 15 is 35.1 Å². The Bertz CT molecular complexity index is 3280. The lowest BCUT2D eigenvalue weighted by atomic mass is 9.12. The SMILES string of the molecule is CCCCCCCCCCCCCCCCCC[NH+](CCCCCCCCCCCCCCCCCC)c1cc(CCCCCCCC)c(CCCCCCCC)c(CCCCCCCC)c1CCCCCCCC.Fc1c(F)c(F)c([B-](c2c(F)c(F)c(F)c(F)c2F)(c2c(F)c(F)c(F)c(F)c2F)c2c(F)c(F)c(F)c(F)c2F)c(F)c1F. The van der Waals surface area contributed by atoms with Crippen LogP contribution >= 0.6 is 0 Å². The second-order valence-corrected chi connectivity index (χ2v) is 34.1. The molecule has 0 unspecified atom stereocenters. The zero-order valence-corrected chi connectivity index (χ0v) is 73.6. The summed E-state index contributed by atoms with van der Waals surface area (Å²) in [6, 6.07) is 2.93. The first kappa shape index (κ1) is 107. The highest BCUT2D eigenvalue weighted by Crippen LogP contribution is 2.36. The second kappa shape index (κ2) is 61.2. The van der Waals surface area contributed by atoms with Crippen LogP contribution in [0.5, 0.6) is 0 Å². The van der Waals surface area contributed by atoms with Gasteiger partial charge in [0.25, 0.3) is 0 Å². The number of aryl methyl sites for hydroxylation is 1. The lowest BCUT2D eigenvalue weighted by Crippen LogP contribution is -3.07. The molecule has 0 amide bonds. The van der Waals surface area contributed by atoms with E-state index in [0.717, 1.165) is 0 Å². The van der Waals surface area contributed by atoms with Gasteiger partial charge in [0.1, 0.15) is 58.4 Å². The molecule has 0 atom stereocenters. The zero-order chi connectivity index (χ0) is 88.4. The Hall–Kier alpha value is -5.28. The van der Waals surface area contributed by atoms with Gasteiger partial charge >= 0.3 is 0 Å². The van der Waals surface area contributed by atoms with Gasteiger partial charge in [0.05, 0.1) is 13.1 Å². The van der Waals surface area contributed by atoms with Gasteiger partial charge in [-0.05, 0) is 93.7 Å². The Kier molecular flexibility index (Phi) is 54.6. The molecule has 0 radical (unpaired) electrons. The van der Waals surface area contributed by atoms with Crippen molar-refractivity contribution < 1.29 is 92.7 Å². The average molecular weight is 1730 g/mol. The standard InChI is InChI=1S/C74H143N.C24BF20/c1-7-13-19-25-31-33-35-37-39-41-43-45-47-49-55-61-67-75(68-62-56-50-48-46-44-42-40-38-36-34-32-26-20-14-8-2)74-69-70(63-57-51-27-21-15-9-3)71(64-58-52-28-22-16-10-4)72(65-59-53-29-23-17-11-5)73(74)66-60-54-30-24-18-12-6;26-5-1(6(27)14(35)21(42)13(5)34)25(2-7(28)15(36)22(43)16(37)8(2)29,3-9(30)17(38)23(44)18(39)10(3)31)4-11(32)19(40)24(45)20(41)12(4)33/h69H,7-68H2,1-6H3;/q;-1/p+1. The minimum atomic E-state index is -7.22. The van der Waals surface area contributed by atoms with Crippen molar-refractivity contribution >= 4 is 33.7 Å². The van der Waals surface area contributed by atoms with Gasteiger partial charge in [-0.15, -0.1) is 21.9 Å². The fourth-order valence-electron chi connectivity index (χ4n) is 17.7. The molecule has 0 saturated heterocycles. The molecule has 0 aromatic heterocycles. The molecule has 0 heterocycles. The monoisotopic (exact) mass is 1730 g/mol. The molecule has 0 spiro atoms. The molecule has 0 saturated carbocycles. The van der Waals surface area contributed by atoms with Crippen LogP contribution in [0, 0.1) is 116 Å². The second-order valence-electron chi connectivity index (χ2n) is 34.1. The van der Waals surface area contributed by atoms with E-state index in [9.17, 15) is 52.7 Å². The van der Waals surface area contributed by atoms with Crippen molar-refractivity contribution in [2.75, 3.05) is 13.1 Å². The number of nitrogens with one attached hydrogen (secondary N) is 1. The molecule has 1 nitrogen and oxygen atoms in total. The first-order valence-corrected chi connectivity index (χ1v) is 47.1. The van der Waals surface area contributed by atoms with Crippen LogP contribution in [0.15, 0.2) is 6.07 Å². The van der Waals surface area contributed by atoms with Crippen LogP contribution < -0.4 is 26.8 Å². The van der Waals surface area contributed by atoms with Crippen LogP contribution in [0.2, 0.25) is 0 Å². The van der Waals surface area contributed by atoms with Gasteiger partial charge in [-0.25, -0.2) is 87.8 Å². The molecule has 5 aromatic carbocycles. The molecule has 22 heteroatoms. The van der Waals surface area contributed by atoms with Crippen LogP contribution in [0.3, 0.4) is 0 Å². The third-order valence-electron chi connectivity index (χ3n) is 24.7. The van der Waals surface area contributed by atoms with Gasteiger partial charge in [-0.2, -0.15) is 0 Å². The van der Waals surface area contributed by atoms with E-state index < -0.39 is 144 Å². The topological polar surface area (TPSA) is 4.44 Å². The lowest BCUT2D eigenvalue weighted by Gasteiger charge is -2.44. The molecule has 5 rings (SSSR count). The van der Waals surface area contributed by atoms with E-state index in [-0.39, 0.29) is 0 Å². The largest absolute Gasteiger partial charge is 0.302 e. The summed E-state index contributed by atoms with van der Waals surface area (Å²) in [4.78, 5) is 1.91. The number of hydrogen-bond acceptors (Lipinski definition) is 0. The number of unbranched alkanes of at least 4 members (excludes halogenated alkanes) is 50. The smallest absolute Gasteiger partial charge is 0.200 e. The fraction of sp³-hybridized carbons (Fsp3) is 0.694. The minimum absolute atomic E-state index is 1.33. The van der Waals surface area contributed by atoms with Crippen molar-refractivity contribution in [3.63, 3.8) is 0 Å². The van der Waals surface area contributed by atoms with Gasteiger partial charge < -0.3 is 4.90 Å². The predicted molar refractivity (Wildman–Crippen MR) is 453 cm³/mol. The molecule has 0 aliphatic carbocycles. The molecule has 120 heavy (non-hydrogen) atoms. The zero-order valence-electron chi connectivity index (χ0n) is 73.6. The summed E-state index contributed by atoms with van der Waals surface area (Å²) in [6.07, 6.45) is 78.7. The molecular formula is C98H144BF20N. The third-order valence-corrected chi connectivity index (χ3v) is 24.7. The van der Waals surface area contributed by atoms with E-state index in [4.69, 9.17) is 0 Å². The Balaban J connectivity index is 0.000000567. The predicted octanol–water partition coefficient (Wildman–Crippen LogP) is 31.2. The van der Waals surface area contributed by atoms with Crippen molar-refractivity contribution in [2.24, 2.45) is 0 Å². The Morgan fingerprint density at radius 3 is 0.542 bits per heavy atom. The molecule has 0 fully saturated rings. The van der Waals surface area contributed by atoms with E-state index in [1.807, 2.05) is 32.8 Å². The number of halogens is 20. The third kappa shape index (κ3) is 32.9. The molecule has 1 N–H and O–H groups in total. The maximum Gasteiger partial charge on any atom is 0.200 e. The quantitative estimate of drug-likeness (QED) is 0.0130. The van der Waals surface area contributed by atoms with Crippen LogP contribution in [0.4, 0.5) is 93.5 Å². The van der Waals surface area contributed by atoms with Crippen molar-refractivity contribution in [3.05, 3.63) is 145 Å². The first-order chi connectivity index (χ1) is 57.9. The van der Waals surface area contributed by atoms with Crippen LogP contribution in [0.25, 0.3) is 0 Å². The molecular weight excluding hydrogens is 1580 g/mol. The van der Waals surface area contributed by atoms with Gasteiger partial charge in [-0.1, -0.05) is 350 Å². The molecule has 5 aromatic rings. The summed E-state index contributed by atoms with van der Waals surface area (Å²) in [5, 5.41) is 0. The molecule has 0 aliphatic rings. The highest BCUT2D eigenvalue weighted by Gasteiger charge is 2.52. The van der Waals surface area contributed by atoms with Gasteiger partial charge in [0.15, 0.2) is 69.8 Å². The number of rotatable bonds is 67. The summed E-state index contributed by atoms with van der Waals surface area (Å²) >= 11 is 0. The Morgan fingerprint density at radius 1 is 0.175 bits per heavy atom. The van der Waals surface area contributed by atoms with Crippen LogP contribution in [-0.2, 0) is 25.7 Å². The number of benzene rings is 5. The molecule has 684 valence electrons. The van der Waals surface area contributed by atoms with Gasteiger partial charge in [0, 0.05) is 11.6 Å². The van der Waals surface area contributed by atoms with Crippen molar-refractivity contribution in [1.82, 2.24) is 0 Å². The van der Waals surface area contributed by atoms with E-state index in [2.05, 4.69) is 47.6 Å². The molecule has 0 bridgehead atoms. The van der Waals surface area contributed by atoms with Gasteiger partial charge in [0.2, 0.25) is 0 Å². The number of quaternary nitrogens is 1. The summed E-state index contributed by atoms with van der Waals surface area (Å²) in [5.74, 6) is -71.4. The lowest BCUT2D eigenvalue weighted by molar-refractivity contribution is -0.833. The Morgan fingerprint density at radius 2 is 0.333 bits per heavy atom. The normalized spacial score (nSPS) is 11.9. The minimum Gasteiger partial charge on any atom is -0.302 e. The summed E-state index contributed by atoms with van der Waals surface area (Å²) in [7, 11) is 0. The van der Waals surface area contributed by atoms with Crippen molar-refractivity contribution in [2.45, 2.75) is 427 Å². The van der Waals surface area contributed by atoms with E-state index in [1.165, 1.54) is 398 Å². The highest BCUT2D eigenvalue weighted by atomic mass is 19.2. The van der Waals surface area contributed by atoms with E-state index in [0.29, 0.717) is 0 Å². The van der Waals surface area contributed by atoms with Crippen molar-refractivity contribution in [3.8, 4) is 0 Å². The highest BCUT2D eigenvalue weighted by molar-refractivity contribution is 7.20. The van der Waals surface area contributed by atoms with E-state index in [1.54, 1.807) is 0 Å². The fourth-order valence-corrected chi connectivity index (χ4v) is 17.7. The van der Waals surface area contributed by atoms with Gasteiger partial charge in [-0.3, -0.25) is 0 Å².